The van der Waals surface area contributed by atoms with Crippen LogP contribution in [0.5, 0.6) is 5.75 Å². The van der Waals surface area contributed by atoms with Gasteiger partial charge in [0.05, 0.1) is 22.5 Å². The van der Waals surface area contributed by atoms with Gasteiger partial charge < -0.3 is 10.4 Å². The molecule has 1 spiro atoms. The van der Waals surface area contributed by atoms with Gasteiger partial charge in [0.2, 0.25) is 17.7 Å². The minimum absolute atomic E-state index is 0.144. The largest absolute Gasteiger partial charge is 0.508 e. The van der Waals surface area contributed by atoms with Gasteiger partial charge in [-0.1, -0.05) is 66.2 Å². The Balaban J connectivity index is 1.40. The number of anilines is 1. The zero-order valence-corrected chi connectivity index (χ0v) is 20.0. The van der Waals surface area contributed by atoms with Gasteiger partial charge in [0, 0.05) is 18.2 Å². The quantitative estimate of drug-likeness (QED) is 0.466. The number of likely N-dealkylation sites (tertiary alicyclic amines) is 1. The van der Waals surface area contributed by atoms with Crippen LogP contribution in [0.15, 0.2) is 72.8 Å². The molecule has 8 heteroatoms. The van der Waals surface area contributed by atoms with Gasteiger partial charge in [-0.15, -0.1) is 0 Å². The van der Waals surface area contributed by atoms with Crippen LogP contribution in [0.1, 0.15) is 16.7 Å². The highest BCUT2D eigenvalue weighted by molar-refractivity contribution is 6.35. The number of aromatic hydroxyl groups is 1. The third kappa shape index (κ3) is 3.34. The van der Waals surface area contributed by atoms with E-state index < -0.39 is 23.4 Å². The van der Waals surface area contributed by atoms with Crippen molar-refractivity contribution in [1.29, 1.82) is 0 Å². The fourth-order valence-corrected chi connectivity index (χ4v) is 6.24. The molecule has 3 N–H and O–H groups in total. The lowest BCUT2D eigenvalue weighted by Gasteiger charge is -2.29. The maximum Gasteiger partial charge on any atom is 0.250 e. The van der Waals surface area contributed by atoms with Gasteiger partial charge in [-0.2, -0.15) is 0 Å². The second kappa shape index (κ2) is 8.47. The number of fused-ring (bicyclic) bond motifs is 4. The minimum atomic E-state index is -1.39. The maximum absolute atomic E-state index is 13.9. The number of phenolic OH excluding ortho intramolecular Hbond substituents is 1. The second-order valence-electron chi connectivity index (χ2n) is 9.61. The SMILES string of the molecule is O=C1[C@H]2[C@H](Cc3ccc(O)cc3)N[C@]3(C(=O)Nc4c(Cl)cccc43)[C@@H]2C(=O)N1CCc1ccccc1. The molecule has 7 nitrogen and oxygen atoms in total. The molecular weight excluding hydrogens is 478 g/mol. The molecule has 4 atom stereocenters. The van der Waals surface area contributed by atoms with Crippen LogP contribution in [-0.2, 0) is 32.8 Å². The molecule has 3 heterocycles. The van der Waals surface area contributed by atoms with Crippen molar-refractivity contribution >= 4 is 35.0 Å². The predicted octanol–water partition coefficient (Wildman–Crippen LogP) is 3.25. The van der Waals surface area contributed by atoms with Crippen LogP contribution in [0.4, 0.5) is 5.69 Å². The number of benzene rings is 3. The number of para-hydroxylation sites is 1. The Bertz CT molecular complexity index is 1380. The first-order valence-electron chi connectivity index (χ1n) is 12.0. The Hall–Kier alpha value is -3.68. The van der Waals surface area contributed by atoms with Crippen molar-refractivity contribution in [1.82, 2.24) is 10.2 Å². The van der Waals surface area contributed by atoms with E-state index >= 15 is 0 Å². The maximum atomic E-state index is 13.9. The zero-order valence-electron chi connectivity index (χ0n) is 19.3. The Labute approximate surface area is 213 Å². The number of nitrogens with zero attached hydrogens (tertiary/aromatic N) is 1. The lowest BCUT2D eigenvalue weighted by atomic mass is 9.76. The van der Waals surface area contributed by atoms with Crippen LogP contribution in [0.3, 0.4) is 0 Å². The first-order chi connectivity index (χ1) is 17.4. The van der Waals surface area contributed by atoms with Gasteiger partial charge in [0.25, 0.3) is 0 Å². The molecule has 0 bridgehead atoms. The first kappa shape index (κ1) is 22.8. The van der Waals surface area contributed by atoms with Crippen LogP contribution in [0.25, 0.3) is 0 Å². The average Bonchev–Trinajstić information content (AvgIpc) is 3.45. The molecule has 0 radical (unpaired) electrons. The summed E-state index contributed by atoms with van der Waals surface area (Å²) in [5.74, 6) is -2.44. The molecule has 36 heavy (non-hydrogen) atoms. The Morgan fingerprint density at radius 1 is 0.889 bits per heavy atom. The molecule has 0 unspecified atom stereocenters. The number of carbonyl (C=O) groups is 3. The van der Waals surface area contributed by atoms with Crippen LogP contribution < -0.4 is 10.6 Å². The fourth-order valence-electron chi connectivity index (χ4n) is 6.02. The molecular formula is C28H24ClN3O4. The number of amides is 3. The molecule has 2 fully saturated rings. The lowest BCUT2D eigenvalue weighted by Crippen LogP contribution is -2.53. The van der Waals surface area contributed by atoms with E-state index in [0.717, 1.165) is 11.1 Å². The molecule has 3 aromatic rings. The lowest BCUT2D eigenvalue weighted by molar-refractivity contribution is -0.142. The first-order valence-corrected chi connectivity index (χ1v) is 12.3. The molecule has 3 amide bonds. The summed E-state index contributed by atoms with van der Waals surface area (Å²) in [7, 11) is 0. The summed E-state index contributed by atoms with van der Waals surface area (Å²) in [6.07, 6.45) is 0.952. The minimum Gasteiger partial charge on any atom is -0.508 e. The molecule has 6 rings (SSSR count). The normalized spacial score (nSPS) is 26.4. The van der Waals surface area contributed by atoms with E-state index in [2.05, 4.69) is 10.6 Å². The molecule has 3 aromatic carbocycles. The summed E-state index contributed by atoms with van der Waals surface area (Å²) < 4.78 is 0. The van der Waals surface area contributed by atoms with Crippen molar-refractivity contribution in [2.24, 2.45) is 11.8 Å². The summed E-state index contributed by atoms with van der Waals surface area (Å²) in [6, 6.07) is 21.2. The topological polar surface area (TPSA) is 98.7 Å². The van der Waals surface area contributed by atoms with Gasteiger partial charge in [-0.3, -0.25) is 24.6 Å². The van der Waals surface area contributed by atoms with Crippen LogP contribution >= 0.6 is 11.6 Å². The van der Waals surface area contributed by atoms with Crippen molar-refractivity contribution in [3.8, 4) is 5.75 Å². The van der Waals surface area contributed by atoms with E-state index in [0.29, 0.717) is 29.1 Å². The Morgan fingerprint density at radius 3 is 2.39 bits per heavy atom. The number of rotatable bonds is 5. The standard InChI is InChI=1S/C28H24ClN3O4/c29-20-8-4-7-19-24(20)30-27(36)28(19)23-22(21(31-28)15-17-9-11-18(33)12-10-17)25(34)32(26(23)35)14-13-16-5-2-1-3-6-16/h1-12,21-23,31,33H,13-15H2,(H,30,36)/t21-,22-,23-,28-/m0/s1. The highest BCUT2D eigenvalue weighted by Crippen LogP contribution is 2.54. The van der Waals surface area contributed by atoms with Crippen molar-refractivity contribution < 1.29 is 19.5 Å². The number of nitrogens with one attached hydrogen (secondary N) is 2. The monoisotopic (exact) mass is 501 g/mol. The second-order valence-corrected chi connectivity index (χ2v) is 10.0. The number of carbonyl (C=O) groups excluding carboxylic acids is 3. The van der Waals surface area contributed by atoms with E-state index in [1.807, 2.05) is 30.3 Å². The van der Waals surface area contributed by atoms with Crippen molar-refractivity contribution in [3.63, 3.8) is 0 Å². The molecule has 2 saturated heterocycles. The molecule has 0 aliphatic carbocycles. The third-order valence-corrected chi connectivity index (χ3v) is 7.96. The Kier molecular flexibility index (Phi) is 5.35. The molecule has 182 valence electrons. The zero-order chi connectivity index (χ0) is 25.0. The number of phenols is 1. The summed E-state index contributed by atoms with van der Waals surface area (Å²) in [6.45, 7) is 0.251. The van der Waals surface area contributed by atoms with Crippen LogP contribution in [0, 0.1) is 11.8 Å². The van der Waals surface area contributed by atoms with Gasteiger partial charge in [0.15, 0.2) is 0 Å². The van der Waals surface area contributed by atoms with Gasteiger partial charge in [0.1, 0.15) is 11.3 Å². The smallest absolute Gasteiger partial charge is 0.250 e. The van der Waals surface area contributed by atoms with E-state index in [-0.39, 0.29) is 30.0 Å². The van der Waals surface area contributed by atoms with Crippen molar-refractivity contribution in [3.05, 3.63) is 94.5 Å². The predicted molar refractivity (Wildman–Crippen MR) is 134 cm³/mol. The van der Waals surface area contributed by atoms with Crippen LogP contribution in [-0.4, -0.2) is 40.3 Å². The molecule has 3 aliphatic heterocycles. The fraction of sp³-hybridized carbons (Fsp3) is 0.250. The molecule has 0 aromatic heterocycles. The summed E-state index contributed by atoms with van der Waals surface area (Å²) >= 11 is 6.40. The Morgan fingerprint density at radius 2 is 1.64 bits per heavy atom. The summed E-state index contributed by atoms with van der Waals surface area (Å²) in [4.78, 5) is 42.6. The third-order valence-electron chi connectivity index (χ3n) is 7.65. The average molecular weight is 502 g/mol. The number of hydrogen-bond donors (Lipinski definition) is 3. The number of hydrogen-bond acceptors (Lipinski definition) is 5. The van der Waals surface area contributed by atoms with Gasteiger partial charge in [-0.05, 0) is 42.2 Å². The highest BCUT2D eigenvalue weighted by Gasteiger charge is 2.70. The number of imide groups is 1. The van der Waals surface area contributed by atoms with E-state index in [9.17, 15) is 19.5 Å². The molecule has 0 saturated carbocycles. The van der Waals surface area contributed by atoms with Crippen molar-refractivity contribution in [2.75, 3.05) is 11.9 Å². The summed E-state index contributed by atoms with van der Waals surface area (Å²) in [5, 5.41) is 16.3. The van der Waals surface area contributed by atoms with E-state index in [4.69, 9.17) is 11.6 Å². The van der Waals surface area contributed by atoms with Gasteiger partial charge in [-0.25, -0.2) is 0 Å². The van der Waals surface area contributed by atoms with Gasteiger partial charge >= 0.3 is 0 Å². The summed E-state index contributed by atoms with van der Waals surface area (Å²) in [5.41, 5.74) is 1.59. The molecule has 3 aliphatic rings. The van der Waals surface area contributed by atoms with Crippen LogP contribution in [0.2, 0.25) is 5.02 Å². The highest BCUT2D eigenvalue weighted by atomic mass is 35.5. The number of halogens is 1. The van der Waals surface area contributed by atoms with E-state index in [1.165, 1.54) is 4.90 Å². The van der Waals surface area contributed by atoms with E-state index in [1.54, 1.807) is 42.5 Å². The van der Waals surface area contributed by atoms with Crippen molar-refractivity contribution in [2.45, 2.75) is 24.4 Å².